The van der Waals surface area contributed by atoms with Crippen LogP contribution in [-0.2, 0) is 27.8 Å². The summed E-state index contributed by atoms with van der Waals surface area (Å²) >= 11 is 0. The van der Waals surface area contributed by atoms with Crippen molar-refractivity contribution in [3.8, 4) is 5.75 Å². The number of likely N-dealkylation sites (N-methyl/N-ethyl adjacent to an activating group) is 1. The van der Waals surface area contributed by atoms with Gasteiger partial charge >= 0.3 is 0 Å². The van der Waals surface area contributed by atoms with Crippen LogP contribution in [0, 0.1) is 20.8 Å². The molecular weight excluding hydrogens is 460 g/mol. The van der Waals surface area contributed by atoms with E-state index < -0.39 is 10.0 Å². The van der Waals surface area contributed by atoms with Gasteiger partial charge in [0.2, 0.25) is 15.9 Å². The molecule has 3 aromatic rings. The summed E-state index contributed by atoms with van der Waals surface area (Å²) in [7, 11) is -0.595. The van der Waals surface area contributed by atoms with Crippen LogP contribution >= 0.6 is 0 Å². The minimum absolute atomic E-state index is 0.210. The van der Waals surface area contributed by atoms with Gasteiger partial charge in [-0.25, -0.2) is 8.42 Å². The molecule has 3 rings (SSSR count). The van der Waals surface area contributed by atoms with Crippen LogP contribution in [-0.4, -0.2) is 50.8 Å². The van der Waals surface area contributed by atoms with Crippen molar-refractivity contribution in [1.29, 1.82) is 0 Å². The predicted molar refractivity (Wildman–Crippen MR) is 139 cm³/mol. The molecule has 0 fully saturated rings. The Balaban J connectivity index is 1.85. The zero-order chi connectivity index (χ0) is 25.6. The van der Waals surface area contributed by atoms with Gasteiger partial charge in [0.15, 0.2) is 0 Å². The lowest BCUT2D eigenvalue weighted by molar-refractivity contribution is -0.130. The number of rotatable bonds is 10. The van der Waals surface area contributed by atoms with E-state index >= 15 is 0 Å². The largest absolute Gasteiger partial charge is 0.497 e. The molecule has 186 valence electrons. The Labute approximate surface area is 209 Å². The number of ether oxygens (including phenoxy) is 1. The van der Waals surface area contributed by atoms with Gasteiger partial charge in [-0.1, -0.05) is 60.2 Å². The van der Waals surface area contributed by atoms with E-state index in [0.29, 0.717) is 24.1 Å². The summed E-state index contributed by atoms with van der Waals surface area (Å²) in [6.45, 7) is 5.91. The quantitative estimate of drug-likeness (QED) is 0.416. The number of aryl methyl sites for hydroxylation is 3. The molecular formula is C28H34N2O4S. The van der Waals surface area contributed by atoms with Crippen LogP contribution in [0.3, 0.4) is 0 Å². The van der Waals surface area contributed by atoms with Gasteiger partial charge in [-0.2, -0.15) is 4.31 Å². The van der Waals surface area contributed by atoms with Gasteiger partial charge in [0.1, 0.15) is 5.75 Å². The lowest BCUT2D eigenvalue weighted by atomic mass is 10.1. The van der Waals surface area contributed by atoms with Crippen molar-refractivity contribution in [2.45, 2.75) is 38.6 Å². The van der Waals surface area contributed by atoms with E-state index in [-0.39, 0.29) is 23.9 Å². The first kappa shape index (κ1) is 26.4. The normalized spacial score (nSPS) is 11.5. The number of benzene rings is 3. The first-order chi connectivity index (χ1) is 16.6. The van der Waals surface area contributed by atoms with Gasteiger partial charge in [-0.15, -0.1) is 0 Å². The van der Waals surface area contributed by atoms with E-state index in [1.807, 2.05) is 73.7 Å². The molecule has 0 saturated heterocycles. The molecule has 0 heterocycles. The number of nitrogens with zero attached hydrogens (tertiary/aromatic N) is 2. The van der Waals surface area contributed by atoms with Crippen LogP contribution in [0.2, 0.25) is 0 Å². The molecule has 0 N–H and O–H groups in total. The van der Waals surface area contributed by atoms with Crippen molar-refractivity contribution in [2.75, 3.05) is 27.2 Å². The minimum atomic E-state index is -3.89. The third-order valence-electron chi connectivity index (χ3n) is 6.01. The average molecular weight is 495 g/mol. The summed E-state index contributed by atoms with van der Waals surface area (Å²) < 4.78 is 34.2. The van der Waals surface area contributed by atoms with Crippen LogP contribution in [0.1, 0.15) is 27.8 Å². The molecule has 0 aromatic heterocycles. The molecule has 0 spiro atoms. The van der Waals surface area contributed by atoms with Crippen molar-refractivity contribution in [2.24, 2.45) is 0 Å². The Morgan fingerprint density at radius 2 is 1.49 bits per heavy atom. The third kappa shape index (κ3) is 6.71. The molecule has 0 aliphatic carbocycles. The molecule has 0 aliphatic heterocycles. The summed E-state index contributed by atoms with van der Waals surface area (Å²) in [5.41, 5.74) is 4.33. The van der Waals surface area contributed by atoms with Gasteiger partial charge in [0.25, 0.3) is 0 Å². The molecule has 1 amide bonds. The van der Waals surface area contributed by atoms with Gasteiger partial charge in [0, 0.05) is 20.1 Å². The Morgan fingerprint density at radius 3 is 2.06 bits per heavy atom. The number of carbonyl (C=O) groups excluding carboxylic acids is 1. The molecule has 3 aromatic carbocycles. The van der Waals surface area contributed by atoms with Gasteiger partial charge in [-0.3, -0.25) is 4.79 Å². The van der Waals surface area contributed by atoms with E-state index in [4.69, 9.17) is 4.74 Å². The molecule has 0 bridgehead atoms. The van der Waals surface area contributed by atoms with E-state index in [9.17, 15) is 13.2 Å². The second-order valence-corrected chi connectivity index (χ2v) is 10.8. The average Bonchev–Trinajstić information content (AvgIpc) is 2.81. The highest BCUT2D eigenvalue weighted by atomic mass is 32.2. The summed E-state index contributed by atoms with van der Waals surface area (Å²) in [5.74, 6) is 0.477. The number of carbonyl (C=O) groups is 1. The molecule has 35 heavy (non-hydrogen) atoms. The molecule has 7 heteroatoms. The Hall–Kier alpha value is -3.16. The van der Waals surface area contributed by atoms with Crippen LogP contribution in [0.15, 0.2) is 71.6 Å². The molecule has 0 radical (unpaired) electrons. The van der Waals surface area contributed by atoms with E-state index in [1.54, 1.807) is 32.9 Å². The van der Waals surface area contributed by atoms with E-state index in [1.165, 1.54) is 4.31 Å². The van der Waals surface area contributed by atoms with Crippen molar-refractivity contribution in [1.82, 2.24) is 9.21 Å². The lowest BCUT2D eigenvalue weighted by Crippen LogP contribution is -2.42. The highest BCUT2D eigenvalue weighted by Gasteiger charge is 2.30. The fraction of sp³-hybridized carbons (Fsp3) is 0.321. The topological polar surface area (TPSA) is 66.9 Å². The van der Waals surface area contributed by atoms with Gasteiger partial charge in [-0.05, 0) is 61.6 Å². The fourth-order valence-electron chi connectivity index (χ4n) is 4.25. The predicted octanol–water partition coefficient (Wildman–Crippen LogP) is 4.51. The van der Waals surface area contributed by atoms with Crippen LogP contribution in [0.4, 0.5) is 0 Å². The highest BCUT2D eigenvalue weighted by Crippen LogP contribution is 2.26. The fourth-order valence-corrected chi connectivity index (χ4v) is 6.05. The van der Waals surface area contributed by atoms with E-state index in [0.717, 1.165) is 22.4 Å². The Kier molecular flexibility index (Phi) is 8.70. The number of sulfonamides is 1. The molecule has 0 atom stereocenters. The minimum Gasteiger partial charge on any atom is -0.497 e. The number of hydrogen-bond donors (Lipinski definition) is 0. The number of methoxy groups -OCH3 is 1. The smallest absolute Gasteiger partial charge is 0.244 e. The summed E-state index contributed by atoms with van der Waals surface area (Å²) in [4.78, 5) is 15.0. The molecule has 6 nitrogen and oxygen atoms in total. The first-order valence-corrected chi connectivity index (χ1v) is 13.0. The SMILES string of the molecule is COc1ccc(CN(C)C(=O)CN(CCc2ccccc2)S(=O)(=O)c2c(C)cc(C)cc2C)cc1. The van der Waals surface area contributed by atoms with Crippen LogP contribution < -0.4 is 4.74 Å². The summed E-state index contributed by atoms with van der Waals surface area (Å²) in [6.07, 6.45) is 0.513. The van der Waals surface area contributed by atoms with E-state index in [2.05, 4.69) is 0 Å². The first-order valence-electron chi connectivity index (χ1n) is 11.6. The monoisotopic (exact) mass is 494 g/mol. The van der Waals surface area contributed by atoms with Crippen molar-refractivity contribution >= 4 is 15.9 Å². The highest BCUT2D eigenvalue weighted by molar-refractivity contribution is 7.89. The van der Waals surface area contributed by atoms with Crippen LogP contribution in [0.25, 0.3) is 0 Å². The standard InChI is InChI=1S/C28H34N2O4S/c1-21-17-22(2)28(23(3)18-21)35(32,33)30(16-15-24-9-7-6-8-10-24)20-27(31)29(4)19-25-11-13-26(34-5)14-12-25/h6-14,17-18H,15-16,19-20H2,1-5H3. The van der Waals surface area contributed by atoms with Crippen molar-refractivity contribution in [3.63, 3.8) is 0 Å². The van der Waals surface area contributed by atoms with Crippen molar-refractivity contribution < 1.29 is 17.9 Å². The zero-order valence-corrected chi connectivity index (χ0v) is 21.9. The van der Waals surface area contributed by atoms with Gasteiger partial charge in [0.05, 0.1) is 18.6 Å². The number of hydrogen-bond acceptors (Lipinski definition) is 4. The molecule has 0 aliphatic rings. The van der Waals surface area contributed by atoms with Gasteiger partial charge < -0.3 is 9.64 Å². The van der Waals surface area contributed by atoms with Crippen molar-refractivity contribution in [3.05, 3.63) is 94.5 Å². The molecule has 0 unspecified atom stereocenters. The van der Waals surface area contributed by atoms with Crippen LogP contribution in [0.5, 0.6) is 5.75 Å². The second-order valence-electron chi connectivity index (χ2n) is 8.90. The Bertz CT molecular complexity index is 1230. The second kappa shape index (κ2) is 11.5. The maximum atomic E-state index is 13.8. The number of amides is 1. The zero-order valence-electron chi connectivity index (χ0n) is 21.1. The maximum absolute atomic E-state index is 13.8. The third-order valence-corrected chi connectivity index (χ3v) is 8.16. The lowest BCUT2D eigenvalue weighted by Gasteiger charge is -2.26. The molecule has 0 saturated carbocycles. The maximum Gasteiger partial charge on any atom is 0.244 e. The summed E-state index contributed by atoms with van der Waals surface area (Å²) in [5, 5.41) is 0. The Morgan fingerprint density at radius 1 is 0.886 bits per heavy atom. The summed E-state index contributed by atoms with van der Waals surface area (Å²) in [6, 6.07) is 20.9.